The molecule has 106 valence electrons. The number of halogens is 1. The molecule has 2 rings (SSSR count). The molecule has 0 fully saturated rings. The molecule has 2 N–H and O–H groups in total. The Balaban J connectivity index is 2.03. The maximum absolute atomic E-state index is 12.1. The summed E-state index contributed by atoms with van der Waals surface area (Å²) in [7, 11) is 0. The Morgan fingerprint density at radius 2 is 2.20 bits per heavy atom. The minimum atomic E-state index is -0.367. The monoisotopic (exact) mass is 338 g/mol. The Kier molecular flexibility index (Phi) is 4.92. The van der Waals surface area contributed by atoms with Crippen molar-refractivity contribution in [3.63, 3.8) is 0 Å². The first-order valence-corrected chi connectivity index (χ1v) is 6.96. The van der Waals surface area contributed by atoms with Crippen molar-refractivity contribution in [2.24, 2.45) is 0 Å². The van der Waals surface area contributed by atoms with Crippen molar-refractivity contribution >= 4 is 21.8 Å². The van der Waals surface area contributed by atoms with Gasteiger partial charge in [-0.1, -0.05) is 0 Å². The SMILES string of the molecule is Cc1cc(Br)oc1C(=O)NC(CO)Cc1ccncc1. The fraction of sp³-hybridized carbons (Fsp3) is 0.286. The second-order valence-electron chi connectivity index (χ2n) is 4.48. The second-order valence-corrected chi connectivity index (χ2v) is 5.26. The van der Waals surface area contributed by atoms with E-state index in [1.54, 1.807) is 25.4 Å². The molecule has 2 heterocycles. The number of nitrogens with zero attached hydrogens (tertiary/aromatic N) is 1. The van der Waals surface area contributed by atoms with Crippen LogP contribution in [0, 0.1) is 6.92 Å². The molecular weight excluding hydrogens is 324 g/mol. The van der Waals surface area contributed by atoms with E-state index in [1.165, 1.54) is 0 Å². The highest BCUT2D eigenvalue weighted by Gasteiger charge is 2.18. The van der Waals surface area contributed by atoms with Crippen LogP contribution in [0.4, 0.5) is 0 Å². The fourth-order valence-electron chi connectivity index (χ4n) is 1.88. The third-order valence-electron chi connectivity index (χ3n) is 2.88. The molecule has 2 aromatic rings. The molecule has 0 radical (unpaired) electrons. The molecule has 0 aliphatic carbocycles. The minimum absolute atomic E-state index is 0.144. The Morgan fingerprint density at radius 1 is 1.50 bits per heavy atom. The molecule has 0 aromatic carbocycles. The molecule has 0 aliphatic heterocycles. The summed E-state index contributed by atoms with van der Waals surface area (Å²) in [5, 5.41) is 12.1. The third-order valence-corrected chi connectivity index (χ3v) is 3.27. The van der Waals surface area contributed by atoms with E-state index in [1.807, 2.05) is 12.1 Å². The van der Waals surface area contributed by atoms with Crippen LogP contribution in [0.1, 0.15) is 21.7 Å². The molecular formula is C14H15BrN2O3. The first-order valence-electron chi connectivity index (χ1n) is 6.16. The van der Waals surface area contributed by atoms with E-state index in [4.69, 9.17) is 4.42 Å². The summed E-state index contributed by atoms with van der Waals surface area (Å²) < 4.78 is 5.79. The Morgan fingerprint density at radius 3 is 2.75 bits per heavy atom. The van der Waals surface area contributed by atoms with Crippen LogP contribution in [0.2, 0.25) is 0 Å². The van der Waals surface area contributed by atoms with E-state index in [2.05, 4.69) is 26.2 Å². The Hall–Kier alpha value is -1.66. The average molecular weight is 339 g/mol. The lowest BCUT2D eigenvalue weighted by Gasteiger charge is -2.15. The number of aliphatic hydroxyl groups excluding tert-OH is 1. The first kappa shape index (κ1) is 14.7. The molecule has 1 unspecified atom stereocenters. The molecule has 6 heteroatoms. The molecule has 0 saturated carbocycles. The number of aliphatic hydroxyl groups is 1. The van der Waals surface area contributed by atoms with Crippen LogP contribution in [0.15, 0.2) is 39.7 Å². The van der Waals surface area contributed by atoms with Gasteiger partial charge < -0.3 is 14.8 Å². The normalized spacial score (nSPS) is 12.2. The summed E-state index contributed by atoms with van der Waals surface area (Å²) in [6.07, 6.45) is 3.89. The van der Waals surface area contributed by atoms with Crippen LogP contribution in [0.3, 0.4) is 0 Å². The number of pyridine rings is 1. The predicted molar refractivity (Wildman–Crippen MR) is 77.4 cm³/mol. The number of nitrogens with one attached hydrogen (secondary N) is 1. The maximum atomic E-state index is 12.1. The van der Waals surface area contributed by atoms with Crippen LogP contribution in [0.25, 0.3) is 0 Å². The van der Waals surface area contributed by atoms with Gasteiger partial charge in [-0.25, -0.2) is 0 Å². The molecule has 1 amide bonds. The van der Waals surface area contributed by atoms with E-state index in [-0.39, 0.29) is 24.3 Å². The van der Waals surface area contributed by atoms with Gasteiger partial charge in [-0.2, -0.15) is 0 Å². The summed E-state index contributed by atoms with van der Waals surface area (Å²) in [6, 6.07) is 5.06. The van der Waals surface area contributed by atoms with Crippen LogP contribution >= 0.6 is 15.9 Å². The summed E-state index contributed by atoms with van der Waals surface area (Å²) >= 11 is 3.19. The van der Waals surface area contributed by atoms with Gasteiger partial charge in [-0.05, 0) is 53.0 Å². The first-order chi connectivity index (χ1) is 9.60. The van der Waals surface area contributed by atoms with E-state index in [9.17, 15) is 9.90 Å². The number of amides is 1. The summed E-state index contributed by atoms with van der Waals surface area (Å²) in [5.74, 6) is -0.0774. The van der Waals surface area contributed by atoms with Crippen molar-refractivity contribution in [1.29, 1.82) is 0 Å². The lowest BCUT2D eigenvalue weighted by atomic mass is 10.1. The largest absolute Gasteiger partial charge is 0.444 e. The Bertz CT molecular complexity index is 583. The number of hydrogen-bond donors (Lipinski definition) is 2. The quantitative estimate of drug-likeness (QED) is 0.875. The van der Waals surface area contributed by atoms with Gasteiger partial charge in [0.1, 0.15) is 0 Å². The molecule has 0 spiro atoms. The van der Waals surface area contributed by atoms with E-state index in [0.717, 1.165) is 11.1 Å². The molecule has 20 heavy (non-hydrogen) atoms. The minimum Gasteiger partial charge on any atom is -0.444 e. The van der Waals surface area contributed by atoms with Gasteiger partial charge in [0.15, 0.2) is 10.4 Å². The predicted octanol–water partition coefficient (Wildman–Crippen LogP) is 2.08. The van der Waals surface area contributed by atoms with Crippen LogP contribution in [-0.4, -0.2) is 28.6 Å². The van der Waals surface area contributed by atoms with Gasteiger partial charge in [-0.15, -0.1) is 0 Å². The summed E-state index contributed by atoms with van der Waals surface area (Å²) in [6.45, 7) is 1.65. The number of carbonyl (C=O) groups is 1. The van der Waals surface area contributed by atoms with E-state index >= 15 is 0 Å². The van der Waals surface area contributed by atoms with Gasteiger partial charge in [0.2, 0.25) is 0 Å². The lowest BCUT2D eigenvalue weighted by molar-refractivity contribution is 0.0886. The zero-order chi connectivity index (χ0) is 14.5. The van der Waals surface area contributed by atoms with Crippen molar-refractivity contribution in [2.75, 3.05) is 6.61 Å². The maximum Gasteiger partial charge on any atom is 0.287 e. The number of aryl methyl sites for hydroxylation is 1. The van der Waals surface area contributed by atoms with Crippen molar-refractivity contribution in [3.8, 4) is 0 Å². The van der Waals surface area contributed by atoms with Crippen molar-refractivity contribution in [3.05, 3.63) is 52.1 Å². The zero-order valence-electron chi connectivity index (χ0n) is 11.0. The lowest BCUT2D eigenvalue weighted by Crippen LogP contribution is -2.39. The summed E-state index contributed by atoms with van der Waals surface area (Å²) in [5.41, 5.74) is 1.74. The van der Waals surface area contributed by atoms with Crippen LogP contribution in [0.5, 0.6) is 0 Å². The van der Waals surface area contributed by atoms with Gasteiger partial charge >= 0.3 is 0 Å². The molecule has 2 aromatic heterocycles. The van der Waals surface area contributed by atoms with Gasteiger partial charge in [0, 0.05) is 18.0 Å². The molecule has 0 aliphatic rings. The number of carbonyl (C=O) groups excluding carboxylic acids is 1. The molecule has 0 saturated heterocycles. The highest BCUT2D eigenvalue weighted by atomic mass is 79.9. The number of hydrogen-bond acceptors (Lipinski definition) is 4. The smallest absolute Gasteiger partial charge is 0.287 e. The topological polar surface area (TPSA) is 75.4 Å². The van der Waals surface area contributed by atoms with Gasteiger partial charge in [0.05, 0.1) is 12.6 Å². The van der Waals surface area contributed by atoms with Crippen molar-refractivity contribution < 1.29 is 14.3 Å². The average Bonchev–Trinajstić information content (AvgIpc) is 2.78. The van der Waals surface area contributed by atoms with Gasteiger partial charge in [-0.3, -0.25) is 9.78 Å². The second kappa shape index (κ2) is 6.67. The third kappa shape index (κ3) is 3.68. The molecule has 0 bridgehead atoms. The van der Waals surface area contributed by atoms with Crippen molar-refractivity contribution in [2.45, 2.75) is 19.4 Å². The zero-order valence-corrected chi connectivity index (χ0v) is 12.6. The Labute approximate surface area is 125 Å². The van der Waals surface area contributed by atoms with E-state index in [0.29, 0.717) is 11.1 Å². The fourth-order valence-corrected chi connectivity index (χ4v) is 2.39. The van der Waals surface area contributed by atoms with Crippen molar-refractivity contribution in [1.82, 2.24) is 10.3 Å². The standard InChI is InChI=1S/C14H15BrN2O3/c1-9-6-12(15)20-13(9)14(19)17-11(8-18)7-10-2-4-16-5-3-10/h2-6,11,18H,7-8H2,1H3,(H,17,19). The van der Waals surface area contributed by atoms with E-state index < -0.39 is 0 Å². The highest BCUT2D eigenvalue weighted by molar-refractivity contribution is 9.10. The molecule has 1 atom stereocenters. The van der Waals surface area contributed by atoms with Crippen LogP contribution in [-0.2, 0) is 6.42 Å². The highest BCUT2D eigenvalue weighted by Crippen LogP contribution is 2.19. The number of furan rings is 1. The molecule has 5 nitrogen and oxygen atoms in total. The van der Waals surface area contributed by atoms with Crippen LogP contribution < -0.4 is 5.32 Å². The number of rotatable bonds is 5. The number of aromatic nitrogens is 1. The van der Waals surface area contributed by atoms with Gasteiger partial charge in [0.25, 0.3) is 5.91 Å². The summed E-state index contributed by atoms with van der Waals surface area (Å²) in [4.78, 5) is 16.0.